The lowest BCUT2D eigenvalue weighted by Crippen LogP contribution is -1.90. The fourth-order valence-electron chi connectivity index (χ4n) is 2.14. The molecule has 2 N–H and O–H groups in total. The van der Waals surface area contributed by atoms with Crippen molar-refractivity contribution >= 4 is 34.7 Å². The van der Waals surface area contributed by atoms with Gasteiger partial charge in [-0.25, -0.2) is 19.9 Å². The summed E-state index contributed by atoms with van der Waals surface area (Å²) in [6.07, 6.45) is 8.35. The molecule has 0 aliphatic rings. The van der Waals surface area contributed by atoms with Gasteiger partial charge in [0.2, 0.25) is 0 Å². The van der Waals surface area contributed by atoms with Crippen LogP contribution >= 0.6 is 23.2 Å². The van der Waals surface area contributed by atoms with Gasteiger partial charge in [-0.05, 0) is 12.1 Å². The van der Waals surface area contributed by atoms with E-state index in [1.54, 1.807) is 13.3 Å². The van der Waals surface area contributed by atoms with Gasteiger partial charge in [0.05, 0.1) is 12.8 Å². The maximum absolute atomic E-state index is 6.00. The van der Waals surface area contributed by atoms with Crippen molar-refractivity contribution in [3.8, 4) is 17.0 Å². The summed E-state index contributed by atoms with van der Waals surface area (Å²) in [5.74, 6) is 1.07. The lowest BCUT2D eigenvalue weighted by atomic mass is 10.1. The van der Waals surface area contributed by atoms with Crippen LogP contribution in [0.3, 0.4) is 0 Å². The summed E-state index contributed by atoms with van der Waals surface area (Å²) in [5, 5.41) is 0.652. The van der Waals surface area contributed by atoms with E-state index in [1.165, 1.54) is 12.4 Å². The number of benzene rings is 1. The highest BCUT2D eigenvalue weighted by atomic mass is 35.5. The predicted molar refractivity (Wildman–Crippen MR) is 101 cm³/mol. The number of hydrogen-bond donors (Lipinski definition) is 1. The second kappa shape index (κ2) is 7.99. The lowest BCUT2D eigenvalue weighted by Gasteiger charge is -2.00. The average molecular weight is 389 g/mol. The minimum atomic E-state index is 0.257. The summed E-state index contributed by atoms with van der Waals surface area (Å²) in [6.45, 7) is 0. The molecule has 1 aromatic carbocycles. The van der Waals surface area contributed by atoms with Crippen LogP contribution in [-0.2, 0) is 0 Å². The molecular weight excluding hydrogens is 375 g/mol. The van der Waals surface area contributed by atoms with Gasteiger partial charge < -0.3 is 14.9 Å². The highest BCUT2D eigenvalue weighted by molar-refractivity contribution is 6.32. The first-order valence-corrected chi connectivity index (χ1v) is 8.19. The normalized spacial score (nSPS) is 10.3. The molecule has 4 aromatic rings. The van der Waals surface area contributed by atoms with E-state index in [4.69, 9.17) is 33.7 Å². The van der Waals surface area contributed by atoms with E-state index in [-0.39, 0.29) is 11.0 Å². The first kappa shape index (κ1) is 17.9. The fourth-order valence-corrected chi connectivity index (χ4v) is 2.44. The van der Waals surface area contributed by atoms with Gasteiger partial charge in [0, 0.05) is 36.5 Å². The van der Waals surface area contributed by atoms with Gasteiger partial charge in [-0.3, -0.25) is 0 Å². The maximum Gasteiger partial charge on any atom is 0.175 e. The SMILES string of the molecule is COc1cccc(-c2cn3ccnc(Cl)c3n2)c1.Nc1nccnc1Cl. The van der Waals surface area contributed by atoms with E-state index in [0.717, 1.165) is 17.0 Å². The fraction of sp³-hybridized carbons (Fsp3) is 0.0588. The van der Waals surface area contributed by atoms with Gasteiger partial charge in [-0.1, -0.05) is 35.3 Å². The third-order valence-corrected chi connectivity index (χ3v) is 3.93. The van der Waals surface area contributed by atoms with Crippen LogP contribution in [0.5, 0.6) is 5.75 Å². The van der Waals surface area contributed by atoms with E-state index >= 15 is 0 Å². The molecule has 3 heterocycles. The number of ether oxygens (including phenoxy) is 1. The van der Waals surface area contributed by atoms with Crippen LogP contribution in [0.25, 0.3) is 16.9 Å². The number of hydrogen-bond acceptors (Lipinski definition) is 6. The van der Waals surface area contributed by atoms with Crippen LogP contribution in [0, 0.1) is 0 Å². The highest BCUT2D eigenvalue weighted by Gasteiger charge is 2.08. The highest BCUT2D eigenvalue weighted by Crippen LogP contribution is 2.24. The minimum absolute atomic E-state index is 0.257. The number of rotatable bonds is 2. The van der Waals surface area contributed by atoms with Crippen molar-refractivity contribution in [2.75, 3.05) is 12.8 Å². The number of nitrogens with zero attached hydrogens (tertiary/aromatic N) is 5. The Morgan fingerprint density at radius 3 is 2.46 bits per heavy atom. The smallest absolute Gasteiger partial charge is 0.175 e. The molecule has 132 valence electrons. The number of aromatic nitrogens is 5. The van der Waals surface area contributed by atoms with E-state index in [0.29, 0.717) is 10.8 Å². The molecule has 0 bridgehead atoms. The molecule has 0 aliphatic heterocycles. The van der Waals surface area contributed by atoms with Crippen molar-refractivity contribution in [2.24, 2.45) is 0 Å². The third kappa shape index (κ3) is 4.01. The van der Waals surface area contributed by atoms with Crippen LogP contribution in [0.2, 0.25) is 10.3 Å². The molecule has 0 fully saturated rings. The summed E-state index contributed by atoms with van der Waals surface area (Å²) in [6, 6.07) is 7.74. The van der Waals surface area contributed by atoms with Crippen molar-refractivity contribution in [3.05, 3.63) is 65.6 Å². The Labute approximate surface area is 159 Å². The van der Waals surface area contributed by atoms with Gasteiger partial charge in [-0.15, -0.1) is 0 Å². The lowest BCUT2D eigenvalue weighted by molar-refractivity contribution is 0.415. The van der Waals surface area contributed by atoms with E-state index in [1.807, 2.05) is 41.1 Å². The van der Waals surface area contributed by atoms with Crippen LogP contribution in [0.1, 0.15) is 0 Å². The molecule has 0 amide bonds. The Balaban J connectivity index is 0.000000206. The van der Waals surface area contributed by atoms with E-state index in [9.17, 15) is 0 Å². The molecule has 9 heteroatoms. The van der Waals surface area contributed by atoms with Gasteiger partial charge in [-0.2, -0.15) is 0 Å². The van der Waals surface area contributed by atoms with Crippen molar-refractivity contribution in [1.29, 1.82) is 0 Å². The molecule has 0 unspecified atom stereocenters. The number of fused-ring (bicyclic) bond motifs is 1. The molecule has 0 atom stereocenters. The number of methoxy groups -OCH3 is 1. The summed E-state index contributed by atoms with van der Waals surface area (Å²) in [5.41, 5.74) is 7.68. The van der Waals surface area contributed by atoms with Crippen LogP contribution in [0.15, 0.2) is 55.2 Å². The van der Waals surface area contributed by atoms with Crippen molar-refractivity contribution in [2.45, 2.75) is 0 Å². The molecule has 0 saturated carbocycles. The van der Waals surface area contributed by atoms with Crippen molar-refractivity contribution in [1.82, 2.24) is 24.3 Å². The molecular formula is C17H14Cl2N6O. The van der Waals surface area contributed by atoms with Crippen molar-refractivity contribution < 1.29 is 4.74 Å². The average Bonchev–Trinajstić information content (AvgIpc) is 3.11. The first-order chi connectivity index (χ1) is 12.6. The number of nitrogen functional groups attached to an aromatic ring is 1. The van der Waals surface area contributed by atoms with Crippen molar-refractivity contribution in [3.63, 3.8) is 0 Å². The molecule has 26 heavy (non-hydrogen) atoms. The van der Waals surface area contributed by atoms with Crippen LogP contribution in [-0.4, -0.2) is 31.4 Å². The summed E-state index contributed by atoms with van der Waals surface area (Å²) in [7, 11) is 1.64. The summed E-state index contributed by atoms with van der Waals surface area (Å²) >= 11 is 11.4. The Bertz CT molecular complexity index is 1020. The summed E-state index contributed by atoms with van der Waals surface area (Å²) in [4.78, 5) is 15.8. The third-order valence-electron chi connectivity index (χ3n) is 3.38. The second-order valence-corrected chi connectivity index (χ2v) is 5.76. The Morgan fingerprint density at radius 1 is 1.04 bits per heavy atom. The minimum Gasteiger partial charge on any atom is -0.497 e. The quantitative estimate of drug-likeness (QED) is 0.561. The number of anilines is 1. The second-order valence-electron chi connectivity index (χ2n) is 5.04. The van der Waals surface area contributed by atoms with E-state index < -0.39 is 0 Å². The number of nitrogens with two attached hydrogens (primary N) is 1. The Kier molecular flexibility index (Phi) is 5.50. The van der Waals surface area contributed by atoms with Crippen LogP contribution in [0.4, 0.5) is 5.82 Å². The van der Waals surface area contributed by atoms with Gasteiger partial charge >= 0.3 is 0 Å². The molecule has 0 aliphatic carbocycles. The molecule has 0 spiro atoms. The van der Waals surface area contributed by atoms with E-state index in [2.05, 4.69) is 19.9 Å². The predicted octanol–water partition coefficient (Wildman–Crippen LogP) is 3.77. The maximum atomic E-state index is 6.00. The molecule has 0 radical (unpaired) electrons. The number of imidazole rings is 1. The molecule has 4 rings (SSSR count). The molecule has 3 aromatic heterocycles. The standard InChI is InChI=1S/C13H10ClN3O.C4H4ClN3/c1-18-10-4-2-3-9(7-10)11-8-17-6-5-15-12(14)13(17)16-11;5-3-4(6)8-2-1-7-3/h2-8H,1H3;1-2H,(H2,6,8). The summed E-state index contributed by atoms with van der Waals surface area (Å²) < 4.78 is 7.05. The van der Waals surface area contributed by atoms with Gasteiger partial charge in [0.1, 0.15) is 5.75 Å². The van der Waals surface area contributed by atoms with Gasteiger partial charge in [0.25, 0.3) is 0 Å². The first-order valence-electron chi connectivity index (χ1n) is 7.44. The zero-order chi connectivity index (χ0) is 18.5. The molecule has 0 saturated heterocycles. The van der Waals surface area contributed by atoms with Crippen LogP contribution < -0.4 is 10.5 Å². The topological polar surface area (TPSA) is 91.2 Å². The molecule has 7 nitrogen and oxygen atoms in total. The van der Waals surface area contributed by atoms with Gasteiger partial charge in [0.15, 0.2) is 21.8 Å². The number of halogens is 2. The zero-order valence-corrected chi connectivity index (χ0v) is 15.2. The Morgan fingerprint density at radius 2 is 1.81 bits per heavy atom. The Hall–Kier alpha value is -2.90. The zero-order valence-electron chi connectivity index (χ0n) is 13.7. The monoisotopic (exact) mass is 388 g/mol. The largest absolute Gasteiger partial charge is 0.497 e.